The highest BCUT2D eigenvalue weighted by Crippen LogP contribution is 2.65. The molecule has 5 heteroatoms. The van der Waals surface area contributed by atoms with Crippen LogP contribution < -0.4 is 10.6 Å². The zero-order valence-corrected chi connectivity index (χ0v) is 14.8. The normalized spacial score (nSPS) is 35.0. The number of carbonyl (C=O) groups excluding carboxylic acids is 1. The van der Waals surface area contributed by atoms with Crippen LogP contribution in [0.3, 0.4) is 0 Å². The van der Waals surface area contributed by atoms with Gasteiger partial charge in [0.05, 0.1) is 6.61 Å². The Morgan fingerprint density at radius 2 is 2.00 bits per heavy atom. The van der Waals surface area contributed by atoms with E-state index in [1.54, 1.807) is 0 Å². The monoisotopic (exact) mass is 340 g/mol. The largest absolute Gasteiger partial charge is 0.393 e. The minimum Gasteiger partial charge on any atom is -0.393 e. The van der Waals surface area contributed by atoms with E-state index < -0.39 is 6.17 Å². The minimum atomic E-state index is -1.08. The maximum Gasteiger partial charge on any atom is 0.315 e. The van der Waals surface area contributed by atoms with Gasteiger partial charge < -0.3 is 15.7 Å². The molecule has 4 nitrogen and oxygen atoms in total. The molecule has 1 spiro atoms. The second-order valence-electron chi connectivity index (χ2n) is 8.66. The molecule has 2 unspecified atom stereocenters. The lowest BCUT2D eigenvalue weighted by molar-refractivity contribution is -0.103. The SMILES string of the molecule is O=C(NCCCCCCC(F)CO)NC12CC3CCCC(C3)(C1)C2. The molecule has 0 aromatic carbocycles. The van der Waals surface area contributed by atoms with Gasteiger partial charge in [0, 0.05) is 12.1 Å². The van der Waals surface area contributed by atoms with Crippen LogP contribution in [0.2, 0.25) is 0 Å². The number of carbonyl (C=O) groups is 1. The van der Waals surface area contributed by atoms with E-state index >= 15 is 0 Å². The Morgan fingerprint density at radius 3 is 2.75 bits per heavy atom. The Bertz CT molecular complexity index is 432. The molecular weight excluding hydrogens is 307 g/mol. The molecule has 0 aromatic rings. The highest BCUT2D eigenvalue weighted by atomic mass is 19.1. The molecular formula is C19H33FN2O2. The number of aliphatic hydroxyl groups excluding tert-OH is 1. The average Bonchev–Trinajstić information content (AvgIpc) is 2.51. The number of amides is 2. The van der Waals surface area contributed by atoms with Gasteiger partial charge in [0.15, 0.2) is 0 Å². The summed E-state index contributed by atoms with van der Waals surface area (Å²) in [4.78, 5) is 12.2. The molecule has 3 N–H and O–H groups in total. The lowest BCUT2D eigenvalue weighted by Gasteiger charge is -2.65. The quantitative estimate of drug-likeness (QED) is 0.561. The van der Waals surface area contributed by atoms with Crippen LogP contribution in [-0.4, -0.2) is 36.0 Å². The summed E-state index contributed by atoms with van der Waals surface area (Å²) in [5.41, 5.74) is 0.658. The zero-order chi connectivity index (χ0) is 17.0. The van der Waals surface area contributed by atoms with Crippen LogP contribution in [0.5, 0.6) is 0 Å². The van der Waals surface area contributed by atoms with Crippen LogP contribution in [0.15, 0.2) is 0 Å². The molecule has 0 aromatic heterocycles. The summed E-state index contributed by atoms with van der Waals surface area (Å²) in [5, 5.41) is 14.9. The van der Waals surface area contributed by atoms with Gasteiger partial charge in [-0.1, -0.05) is 32.1 Å². The summed E-state index contributed by atoms with van der Waals surface area (Å²) in [6, 6.07) is -0.00562. The molecule has 138 valence electrons. The van der Waals surface area contributed by atoms with Crippen molar-refractivity contribution in [2.75, 3.05) is 13.2 Å². The van der Waals surface area contributed by atoms with Crippen molar-refractivity contribution in [1.29, 1.82) is 0 Å². The van der Waals surface area contributed by atoms with Gasteiger partial charge in [-0.25, -0.2) is 9.18 Å². The van der Waals surface area contributed by atoms with Crippen molar-refractivity contribution in [2.24, 2.45) is 11.3 Å². The molecule has 3 bridgehead atoms. The first kappa shape index (κ1) is 18.0. The van der Waals surface area contributed by atoms with Crippen LogP contribution in [-0.2, 0) is 0 Å². The number of halogens is 1. The Morgan fingerprint density at radius 1 is 1.21 bits per heavy atom. The third kappa shape index (κ3) is 4.22. The van der Waals surface area contributed by atoms with E-state index in [0.717, 1.165) is 31.6 Å². The Labute approximate surface area is 145 Å². The number of alkyl halides is 1. The van der Waals surface area contributed by atoms with Crippen molar-refractivity contribution < 1.29 is 14.3 Å². The van der Waals surface area contributed by atoms with Gasteiger partial charge in [-0.3, -0.25) is 0 Å². The van der Waals surface area contributed by atoms with E-state index in [0.29, 0.717) is 18.4 Å². The zero-order valence-electron chi connectivity index (χ0n) is 14.8. The number of unbranched alkanes of at least 4 members (excludes halogenated alkanes) is 3. The molecule has 0 aliphatic heterocycles. The molecule has 4 saturated carbocycles. The van der Waals surface area contributed by atoms with E-state index in [1.165, 1.54) is 44.9 Å². The molecule has 0 radical (unpaired) electrons. The summed E-state index contributed by atoms with van der Waals surface area (Å²) in [5.74, 6) is 0.833. The molecule has 4 aliphatic carbocycles. The number of urea groups is 1. The van der Waals surface area contributed by atoms with E-state index in [4.69, 9.17) is 5.11 Å². The maximum atomic E-state index is 12.8. The highest BCUT2D eigenvalue weighted by Gasteiger charge is 2.61. The number of hydrogen-bond donors (Lipinski definition) is 3. The Kier molecular flexibility index (Phi) is 5.68. The molecule has 24 heavy (non-hydrogen) atoms. The second kappa shape index (κ2) is 7.59. The van der Waals surface area contributed by atoms with Crippen LogP contribution in [0.1, 0.15) is 77.0 Å². The van der Waals surface area contributed by atoms with Crippen LogP contribution in [0.4, 0.5) is 9.18 Å². The Balaban J connectivity index is 1.26. The van der Waals surface area contributed by atoms with Gasteiger partial charge in [-0.15, -0.1) is 0 Å². The van der Waals surface area contributed by atoms with Crippen molar-refractivity contribution in [3.8, 4) is 0 Å². The fourth-order valence-electron chi connectivity index (χ4n) is 5.72. The summed E-state index contributed by atoms with van der Waals surface area (Å²) < 4.78 is 12.8. The number of hydrogen-bond acceptors (Lipinski definition) is 2. The summed E-state index contributed by atoms with van der Waals surface area (Å²) >= 11 is 0. The van der Waals surface area contributed by atoms with Crippen molar-refractivity contribution >= 4 is 6.03 Å². The van der Waals surface area contributed by atoms with E-state index in [-0.39, 0.29) is 18.2 Å². The van der Waals surface area contributed by atoms with Crippen LogP contribution in [0, 0.1) is 11.3 Å². The van der Waals surface area contributed by atoms with Crippen molar-refractivity contribution in [3.63, 3.8) is 0 Å². The van der Waals surface area contributed by atoms with Crippen molar-refractivity contribution in [3.05, 3.63) is 0 Å². The Hall–Kier alpha value is -0.840. The molecule has 0 saturated heterocycles. The number of rotatable bonds is 9. The second-order valence-corrected chi connectivity index (χ2v) is 8.66. The molecule has 4 rings (SSSR count). The summed E-state index contributed by atoms with van der Waals surface area (Å²) in [6.07, 6.45) is 12.1. The van der Waals surface area contributed by atoms with E-state index in [1.807, 2.05) is 0 Å². The third-order valence-corrected chi connectivity index (χ3v) is 6.45. The molecule has 2 amide bonds. The molecule has 2 atom stereocenters. The van der Waals surface area contributed by atoms with Crippen LogP contribution in [0.25, 0.3) is 0 Å². The van der Waals surface area contributed by atoms with Crippen LogP contribution >= 0.6 is 0 Å². The fourth-order valence-corrected chi connectivity index (χ4v) is 5.72. The summed E-state index contributed by atoms with van der Waals surface area (Å²) in [7, 11) is 0. The van der Waals surface area contributed by atoms with Crippen molar-refractivity contribution in [1.82, 2.24) is 10.6 Å². The van der Waals surface area contributed by atoms with Gasteiger partial charge in [0.1, 0.15) is 6.17 Å². The molecule has 4 aliphatic rings. The number of nitrogens with one attached hydrogen (secondary N) is 2. The summed E-state index contributed by atoms with van der Waals surface area (Å²) in [6.45, 7) is 0.321. The van der Waals surface area contributed by atoms with Crippen molar-refractivity contribution in [2.45, 2.75) is 88.8 Å². The lowest BCUT2D eigenvalue weighted by Crippen LogP contribution is -2.68. The van der Waals surface area contributed by atoms with Gasteiger partial charge >= 0.3 is 6.03 Å². The van der Waals surface area contributed by atoms with Gasteiger partial charge in [-0.05, 0) is 56.3 Å². The predicted octanol–water partition coefficient (Wildman–Crippen LogP) is 3.68. The highest BCUT2D eigenvalue weighted by molar-refractivity contribution is 5.75. The van der Waals surface area contributed by atoms with Gasteiger partial charge in [0.2, 0.25) is 0 Å². The maximum absolute atomic E-state index is 12.8. The topological polar surface area (TPSA) is 61.4 Å². The first-order valence-corrected chi connectivity index (χ1v) is 9.86. The standard InChI is InChI=1S/C19H33FN2O2/c20-16(12-23)7-3-1-2-4-9-21-17(24)22-19-11-15-6-5-8-18(10-15,13-19)14-19/h15-16,23H,1-14H2,(H2,21,22,24). The van der Waals surface area contributed by atoms with E-state index in [9.17, 15) is 9.18 Å². The smallest absolute Gasteiger partial charge is 0.315 e. The first-order chi connectivity index (χ1) is 11.5. The molecule has 0 heterocycles. The number of aliphatic hydroxyl groups is 1. The lowest BCUT2D eigenvalue weighted by atomic mass is 9.43. The van der Waals surface area contributed by atoms with E-state index in [2.05, 4.69) is 10.6 Å². The molecule has 4 fully saturated rings. The fraction of sp³-hybridized carbons (Fsp3) is 0.947. The van der Waals surface area contributed by atoms with Gasteiger partial charge in [0.25, 0.3) is 0 Å². The third-order valence-electron chi connectivity index (χ3n) is 6.45. The minimum absolute atomic E-state index is 0.00562. The average molecular weight is 340 g/mol. The first-order valence-electron chi connectivity index (χ1n) is 9.86. The van der Waals surface area contributed by atoms with Gasteiger partial charge in [-0.2, -0.15) is 0 Å². The predicted molar refractivity (Wildman–Crippen MR) is 92.6 cm³/mol.